The number of fused-ring (bicyclic) bond motifs is 4. The van der Waals surface area contributed by atoms with Crippen molar-refractivity contribution in [2.24, 2.45) is 23.7 Å². The number of esters is 2. The fourth-order valence-electron chi connectivity index (χ4n) is 10.6. The molecule has 0 unspecified atom stereocenters. The van der Waals surface area contributed by atoms with Gasteiger partial charge in [-0.15, -0.1) is 0 Å². The Kier molecular flexibility index (Phi) is 10.4. The molecule has 4 fully saturated rings. The maximum Gasteiger partial charge on any atom is 0.311 e. The highest BCUT2D eigenvalue weighted by Crippen LogP contribution is 2.52. The third-order valence-electron chi connectivity index (χ3n) is 13.1. The van der Waals surface area contributed by atoms with E-state index < -0.39 is 11.4 Å². The van der Waals surface area contributed by atoms with Crippen LogP contribution in [-0.4, -0.2) is 70.3 Å². The summed E-state index contributed by atoms with van der Waals surface area (Å²) in [6.45, 7) is 17.2. The van der Waals surface area contributed by atoms with Gasteiger partial charge in [-0.25, -0.2) is 0 Å². The molecule has 4 aliphatic rings. The second kappa shape index (κ2) is 15.1. The van der Waals surface area contributed by atoms with Gasteiger partial charge in [-0.1, -0.05) is 88.4 Å². The third kappa shape index (κ3) is 6.76. The van der Waals surface area contributed by atoms with Crippen LogP contribution >= 0.6 is 0 Å². The van der Waals surface area contributed by atoms with Gasteiger partial charge in [0.05, 0.1) is 25.3 Å². The Morgan fingerprint density at radius 1 is 0.603 bits per heavy atom. The molecule has 2 amide bonds. The number of hydrogen-bond donors (Lipinski definition) is 0. The molecule has 4 aromatic carbocycles. The van der Waals surface area contributed by atoms with Gasteiger partial charge in [0.1, 0.15) is 22.9 Å². The van der Waals surface area contributed by atoms with Crippen LogP contribution in [0.2, 0.25) is 0 Å². The molecule has 8 rings (SSSR count). The minimum atomic E-state index is -0.659. The molecule has 0 bridgehead atoms. The minimum Gasteiger partial charge on any atom is -0.426 e. The van der Waals surface area contributed by atoms with Gasteiger partial charge in [-0.2, -0.15) is 0 Å². The molecule has 10 nitrogen and oxygen atoms in total. The molecule has 4 aliphatic heterocycles. The van der Waals surface area contributed by atoms with E-state index in [1.54, 1.807) is 0 Å². The zero-order chi connectivity index (χ0) is 41.3. The van der Waals surface area contributed by atoms with Crippen molar-refractivity contribution in [1.29, 1.82) is 0 Å². The van der Waals surface area contributed by atoms with Gasteiger partial charge in [0.2, 0.25) is 11.8 Å². The van der Waals surface area contributed by atoms with E-state index >= 15 is 0 Å². The fourth-order valence-corrected chi connectivity index (χ4v) is 10.6. The summed E-state index contributed by atoms with van der Waals surface area (Å²) >= 11 is 0. The van der Waals surface area contributed by atoms with Crippen molar-refractivity contribution < 1.29 is 38.1 Å². The predicted molar refractivity (Wildman–Crippen MR) is 221 cm³/mol. The highest BCUT2D eigenvalue weighted by atomic mass is 16.5. The quantitative estimate of drug-likeness (QED) is 0.0843. The van der Waals surface area contributed by atoms with E-state index in [4.69, 9.17) is 18.9 Å². The Morgan fingerprint density at radius 2 is 0.966 bits per heavy atom. The number of benzene rings is 4. The smallest absolute Gasteiger partial charge is 0.311 e. The molecular formula is C48H56N2O8. The first-order valence-corrected chi connectivity index (χ1v) is 21.0. The van der Waals surface area contributed by atoms with Crippen LogP contribution in [0.15, 0.2) is 72.8 Å². The first kappa shape index (κ1) is 40.0. The summed E-state index contributed by atoms with van der Waals surface area (Å²) < 4.78 is 24.1. The molecular weight excluding hydrogens is 733 g/mol. The van der Waals surface area contributed by atoms with Crippen molar-refractivity contribution in [2.45, 2.75) is 116 Å². The summed E-state index contributed by atoms with van der Waals surface area (Å²) in [6.07, 6.45) is 1.21. The maximum atomic E-state index is 13.8. The lowest BCUT2D eigenvalue weighted by molar-refractivity contribution is -0.147. The Labute approximate surface area is 341 Å². The lowest BCUT2D eigenvalue weighted by Gasteiger charge is -2.30. The predicted octanol–water partition coefficient (Wildman–Crippen LogP) is 8.73. The summed E-state index contributed by atoms with van der Waals surface area (Å²) in [5.41, 5.74) is 0.802. The monoisotopic (exact) mass is 788 g/mol. The van der Waals surface area contributed by atoms with Crippen molar-refractivity contribution in [3.63, 3.8) is 0 Å². The normalized spacial score (nSPS) is 26.0. The van der Waals surface area contributed by atoms with Crippen LogP contribution in [0.25, 0.3) is 21.5 Å². The summed E-state index contributed by atoms with van der Waals surface area (Å²) in [4.78, 5) is 57.7. The second-order valence-electron chi connectivity index (χ2n) is 18.2. The Morgan fingerprint density at radius 3 is 1.33 bits per heavy atom. The molecule has 0 aromatic heterocycles. The molecule has 6 atom stereocenters. The molecule has 0 saturated carbocycles. The maximum absolute atomic E-state index is 13.8. The van der Waals surface area contributed by atoms with Gasteiger partial charge in [-0.3, -0.25) is 19.2 Å². The van der Waals surface area contributed by atoms with Crippen molar-refractivity contribution in [2.75, 3.05) is 13.2 Å². The first-order valence-electron chi connectivity index (χ1n) is 21.0. The molecule has 10 heteroatoms. The Balaban J connectivity index is 0.912. The van der Waals surface area contributed by atoms with E-state index in [0.717, 1.165) is 32.7 Å². The average Bonchev–Trinajstić information content (AvgIpc) is 3.87. The van der Waals surface area contributed by atoms with Crippen molar-refractivity contribution >= 4 is 45.3 Å². The lowest BCUT2D eigenvalue weighted by atomic mass is 9.77. The molecule has 0 aliphatic carbocycles. The summed E-state index contributed by atoms with van der Waals surface area (Å²) in [6, 6.07) is 23.3. The standard InChI is InChI=1S/C48H56N2O8/c1-27(2)41-43(35-25-55-47(5,6)49(35)45(41)53)33-21-23-37(31-17-11-9-15-29(31)33)57-39(51)19-13-14-20-40(52)58-38-24-22-34(30-16-10-12-18-32(30)38)44-36-26-56-48(7,8)50(36)46(54)42(44)28(3)4/h9-12,15-18,21-24,27-28,35-36,41-44H,13-14,19-20,25-26H2,1-8H3/t35-,36-,41-,42-,43-,44-/m1/s1. The number of rotatable bonds is 11. The molecule has 0 radical (unpaired) electrons. The Hall–Kier alpha value is -4.80. The van der Waals surface area contributed by atoms with E-state index in [-0.39, 0.29) is 84.2 Å². The van der Waals surface area contributed by atoms with E-state index in [0.29, 0.717) is 37.6 Å². The van der Waals surface area contributed by atoms with Crippen LogP contribution in [0.5, 0.6) is 11.5 Å². The average molecular weight is 789 g/mol. The zero-order valence-electron chi connectivity index (χ0n) is 35.0. The number of unbranched alkanes of at least 4 members (excludes halogenated alkanes) is 1. The van der Waals surface area contributed by atoms with Crippen LogP contribution in [0.1, 0.15) is 104 Å². The van der Waals surface area contributed by atoms with Crippen LogP contribution in [-0.2, 0) is 28.7 Å². The van der Waals surface area contributed by atoms with Crippen molar-refractivity contribution in [3.8, 4) is 11.5 Å². The van der Waals surface area contributed by atoms with Gasteiger partial charge in [0.25, 0.3) is 0 Å². The third-order valence-corrected chi connectivity index (χ3v) is 13.1. The second-order valence-corrected chi connectivity index (χ2v) is 18.2. The highest BCUT2D eigenvalue weighted by Gasteiger charge is 2.59. The van der Waals surface area contributed by atoms with Crippen LogP contribution in [0.4, 0.5) is 0 Å². The van der Waals surface area contributed by atoms with Crippen LogP contribution in [0, 0.1) is 23.7 Å². The molecule has 306 valence electrons. The SMILES string of the molecule is CC(C)[C@H]1C(=O)N2[C@H](COC2(C)C)[C@H]1c1ccc(OC(=O)CCCCC(=O)Oc2ccc([C@H]3[C@@H](C(C)C)C(=O)N4[C@@H]3COC4(C)C)c3ccccc23)c2ccccc12. The van der Waals surface area contributed by atoms with Gasteiger partial charge < -0.3 is 28.7 Å². The lowest BCUT2D eigenvalue weighted by Crippen LogP contribution is -2.44. The van der Waals surface area contributed by atoms with E-state index in [2.05, 4.69) is 27.7 Å². The van der Waals surface area contributed by atoms with Gasteiger partial charge >= 0.3 is 11.9 Å². The number of nitrogens with zero attached hydrogens (tertiary/aromatic N) is 2. The van der Waals surface area contributed by atoms with Gasteiger partial charge in [-0.05, 0) is 86.4 Å². The van der Waals surface area contributed by atoms with E-state index in [9.17, 15) is 19.2 Å². The first-order chi connectivity index (χ1) is 27.6. The van der Waals surface area contributed by atoms with E-state index in [1.165, 1.54) is 0 Å². The van der Waals surface area contributed by atoms with Gasteiger partial charge in [0.15, 0.2) is 0 Å². The molecule has 4 saturated heterocycles. The number of hydrogen-bond acceptors (Lipinski definition) is 8. The van der Waals surface area contributed by atoms with Crippen molar-refractivity contribution in [3.05, 3.63) is 83.9 Å². The molecule has 4 aromatic rings. The minimum absolute atomic E-state index is 0.0598. The molecule has 0 spiro atoms. The van der Waals surface area contributed by atoms with Crippen LogP contribution in [0.3, 0.4) is 0 Å². The van der Waals surface area contributed by atoms with E-state index in [1.807, 2.05) is 110 Å². The molecule has 4 heterocycles. The highest BCUT2D eigenvalue weighted by molar-refractivity contribution is 5.96. The van der Waals surface area contributed by atoms with Crippen molar-refractivity contribution in [1.82, 2.24) is 9.80 Å². The molecule has 0 N–H and O–H groups in total. The summed E-state index contributed by atoms with van der Waals surface area (Å²) in [5.74, 6) is 0.248. The largest absolute Gasteiger partial charge is 0.426 e. The number of ether oxygens (including phenoxy) is 4. The number of carbonyl (C=O) groups excluding carboxylic acids is 4. The number of carbonyl (C=O) groups is 4. The summed E-state index contributed by atoms with van der Waals surface area (Å²) in [7, 11) is 0. The fraction of sp³-hybridized carbons (Fsp3) is 0.500. The number of amides is 2. The summed E-state index contributed by atoms with van der Waals surface area (Å²) in [5, 5.41) is 3.56. The molecule has 58 heavy (non-hydrogen) atoms. The zero-order valence-corrected chi connectivity index (χ0v) is 35.0. The van der Waals surface area contributed by atoms with Crippen LogP contribution < -0.4 is 9.47 Å². The topological polar surface area (TPSA) is 112 Å². The van der Waals surface area contributed by atoms with Gasteiger partial charge in [0, 0.05) is 47.3 Å². The Bertz CT molecular complexity index is 2120.